The van der Waals surface area contributed by atoms with E-state index in [0.29, 0.717) is 23.2 Å². The van der Waals surface area contributed by atoms with Crippen molar-refractivity contribution in [2.45, 2.75) is 45.1 Å². The third-order valence-electron chi connectivity index (χ3n) is 4.96. The molecule has 0 spiro atoms. The zero-order valence-electron chi connectivity index (χ0n) is 13.4. The van der Waals surface area contributed by atoms with Crippen molar-refractivity contribution >= 4 is 29.1 Å². The lowest BCUT2D eigenvalue weighted by atomic mass is 9.99. The number of hydrogen-bond acceptors (Lipinski definition) is 2. The van der Waals surface area contributed by atoms with E-state index in [2.05, 4.69) is 12.2 Å². The highest BCUT2D eigenvalue weighted by molar-refractivity contribution is 6.33. The number of piperidine rings is 1. The Morgan fingerprint density at radius 2 is 2.04 bits per heavy atom. The number of nitrogens with one attached hydrogen (secondary N) is 1. The van der Waals surface area contributed by atoms with Crippen LogP contribution in [-0.2, 0) is 9.59 Å². The zero-order chi connectivity index (χ0) is 16.4. The Balaban J connectivity index is 1.59. The lowest BCUT2D eigenvalue weighted by molar-refractivity contribution is -0.137. The summed E-state index contributed by atoms with van der Waals surface area (Å²) in [5, 5.41) is 3.36. The molecule has 1 aliphatic heterocycles. The molecule has 3 atom stereocenters. The molecule has 1 aliphatic carbocycles. The minimum atomic E-state index is -0.210. The summed E-state index contributed by atoms with van der Waals surface area (Å²) in [6.45, 7) is 2.97. The number of anilines is 1. The molecular formula is C18H23ClN2O2. The van der Waals surface area contributed by atoms with Gasteiger partial charge in [-0.05, 0) is 44.2 Å². The van der Waals surface area contributed by atoms with Crippen LogP contribution in [0.4, 0.5) is 5.69 Å². The molecule has 3 unspecified atom stereocenters. The van der Waals surface area contributed by atoms with Crippen LogP contribution in [0.3, 0.4) is 0 Å². The normalized spacial score (nSPS) is 26.7. The molecule has 1 saturated carbocycles. The number of carbonyl (C=O) groups is 2. The van der Waals surface area contributed by atoms with E-state index in [9.17, 15) is 9.59 Å². The Bertz CT molecular complexity index is 604. The standard InChI is InChI=1S/C18H23ClN2O2/c1-2-12-7-5-6-10-21(12)18(23)14-11-13(14)17(22)20-16-9-4-3-8-15(16)19/h3-4,8-9,12-14H,2,5-7,10-11H2,1H3,(H,20,22). The van der Waals surface area contributed by atoms with Crippen LogP contribution in [-0.4, -0.2) is 29.3 Å². The van der Waals surface area contributed by atoms with Gasteiger partial charge in [-0.3, -0.25) is 9.59 Å². The number of likely N-dealkylation sites (tertiary alicyclic amines) is 1. The van der Waals surface area contributed by atoms with Gasteiger partial charge >= 0.3 is 0 Å². The first-order valence-electron chi connectivity index (χ1n) is 8.47. The third kappa shape index (κ3) is 3.52. The summed E-state index contributed by atoms with van der Waals surface area (Å²) in [7, 11) is 0. The van der Waals surface area contributed by atoms with Crippen molar-refractivity contribution in [3.05, 3.63) is 29.3 Å². The fraction of sp³-hybridized carbons (Fsp3) is 0.556. The fourth-order valence-electron chi connectivity index (χ4n) is 3.47. The average Bonchev–Trinajstić information content (AvgIpc) is 3.37. The molecule has 2 amide bonds. The van der Waals surface area contributed by atoms with E-state index in [0.717, 1.165) is 25.8 Å². The van der Waals surface area contributed by atoms with Gasteiger partial charge in [0.2, 0.25) is 11.8 Å². The van der Waals surface area contributed by atoms with Crippen molar-refractivity contribution < 1.29 is 9.59 Å². The lowest BCUT2D eigenvalue weighted by Crippen LogP contribution is -2.44. The molecular weight excluding hydrogens is 312 g/mol. The van der Waals surface area contributed by atoms with Gasteiger partial charge in [0.25, 0.3) is 0 Å². The Labute approximate surface area is 142 Å². The Hall–Kier alpha value is -1.55. The van der Waals surface area contributed by atoms with Crippen LogP contribution in [0.25, 0.3) is 0 Å². The third-order valence-corrected chi connectivity index (χ3v) is 5.29. The van der Waals surface area contributed by atoms with E-state index < -0.39 is 0 Å². The van der Waals surface area contributed by atoms with Gasteiger partial charge in [-0.1, -0.05) is 30.7 Å². The summed E-state index contributed by atoms with van der Waals surface area (Å²) in [5.74, 6) is -0.291. The van der Waals surface area contributed by atoms with Crippen LogP contribution in [0.15, 0.2) is 24.3 Å². The molecule has 0 radical (unpaired) electrons. The maximum absolute atomic E-state index is 12.7. The second-order valence-electron chi connectivity index (χ2n) is 6.51. The summed E-state index contributed by atoms with van der Waals surface area (Å²) >= 11 is 6.06. The highest BCUT2D eigenvalue weighted by atomic mass is 35.5. The second-order valence-corrected chi connectivity index (χ2v) is 6.91. The van der Waals surface area contributed by atoms with Crippen LogP contribution in [0.1, 0.15) is 39.0 Å². The highest BCUT2D eigenvalue weighted by Gasteiger charge is 2.50. The second kappa shape index (κ2) is 6.91. The molecule has 1 heterocycles. The van der Waals surface area contributed by atoms with Crippen LogP contribution in [0.2, 0.25) is 5.02 Å². The van der Waals surface area contributed by atoms with Gasteiger partial charge < -0.3 is 10.2 Å². The van der Waals surface area contributed by atoms with Crippen LogP contribution in [0.5, 0.6) is 0 Å². The van der Waals surface area contributed by atoms with Gasteiger partial charge in [-0.25, -0.2) is 0 Å². The van der Waals surface area contributed by atoms with Crippen molar-refractivity contribution in [1.29, 1.82) is 0 Å². The molecule has 0 aromatic heterocycles. The largest absolute Gasteiger partial charge is 0.339 e. The van der Waals surface area contributed by atoms with E-state index in [4.69, 9.17) is 11.6 Å². The predicted octanol–water partition coefficient (Wildman–Crippen LogP) is 3.71. The molecule has 5 heteroatoms. The number of para-hydroxylation sites is 1. The average molecular weight is 335 g/mol. The molecule has 4 nitrogen and oxygen atoms in total. The maximum Gasteiger partial charge on any atom is 0.228 e. The molecule has 0 bridgehead atoms. The van der Waals surface area contributed by atoms with Gasteiger partial charge in [0.1, 0.15) is 0 Å². The van der Waals surface area contributed by atoms with E-state index in [1.807, 2.05) is 17.0 Å². The van der Waals surface area contributed by atoms with E-state index in [-0.39, 0.29) is 23.7 Å². The van der Waals surface area contributed by atoms with E-state index in [1.165, 1.54) is 6.42 Å². The van der Waals surface area contributed by atoms with Gasteiger partial charge in [0.05, 0.1) is 22.5 Å². The zero-order valence-corrected chi connectivity index (χ0v) is 14.2. The lowest BCUT2D eigenvalue weighted by Gasteiger charge is -2.35. The summed E-state index contributed by atoms with van der Waals surface area (Å²) < 4.78 is 0. The molecule has 3 rings (SSSR count). The fourth-order valence-corrected chi connectivity index (χ4v) is 3.66. The Morgan fingerprint density at radius 1 is 1.26 bits per heavy atom. The van der Waals surface area contributed by atoms with Crippen molar-refractivity contribution in [3.8, 4) is 0 Å². The van der Waals surface area contributed by atoms with Gasteiger partial charge in [0, 0.05) is 12.6 Å². The highest BCUT2D eigenvalue weighted by Crippen LogP contribution is 2.42. The van der Waals surface area contributed by atoms with E-state index >= 15 is 0 Å². The van der Waals surface area contributed by atoms with Gasteiger partial charge in [0.15, 0.2) is 0 Å². The van der Waals surface area contributed by atoms with Gasteiger partial charge in [-0.2, -0.15) is 0 Å². The molecule has 2 fully saturated rings. The molecule has 2 aliphatic rings. The number of rotatable bonds is 4. The quantitative estimate of drug-likeness (QED) is 0.912. The minimum absolute atomic E-state index is 0.0958. The Kier molecular flexibility index (Phi) is 4.90. The topological polar surface area (TPSA) is 49.4 Å². The molecule has 1 aromatic carbocycles. The number of halogens is 1. The van der Waals surface area contributed by atoms with Crippen LogP contribution >= 0.6 is 11.6 Å². The van der Waals surface area contributed by atoms with Crippen molar-refractivity contribution in [1.82, 2.24) is 4.90 Å². The number of benzene rings is 1. The number of carbonyl (C=O) groups excluding carboxylic acids is 2. The molecule has 1 saturated heterocycles. The monoisotopic (exact) mass is 334 g/mol. The maximum atomic E-state index is 12.7. The number of nitrogens with zero attached hydrogens (tertiary/aromatic N) is 1. The van der Waals surface area contributed by atoms with E-state index in [1.54, 1.807) is 12.1 Å². The summed E-state index contributed by atoms with van der Waals surface area (Å²) in [4.78, 5) is 27.0. The van der Waals surface area contributed by atoms with Crippen molar-refractivity contribution in [3.63, 3.8) is 0 Å². The first-order chi connectivity index (χ1) is 11.1. The summed E-state index contributed by atoms with van der Waals surface area (Å²) in [6, 6.07) is 7.52. The predicted molar refractivity (Wildman–Crippen MR) is 91.3 cm³/mol. The van der Waals surface area contributed by atoms with Crippen molar-refractivity contribution in [2.75, 3.05) is 11.9 Å². The van der Waals surface area contributed by atoms with Crippen molar-refractivity contribution in [2.24, 2.45) is 11.8 Å². The molecule has 1 N–H and O–H groups in total. The molecule has 1 aromatic rings. The van der Waals surface area contributed by atoms with Gasteiger partial charge in [-0.15, -0.1) is 0 Å². The van der Waals surface area contributed by atoms with Crippen LogP contribution < -0.4 is 5.32 Å². The Morgan fingerprint density at radius 3 is 2.78 bits per heavy atom. The summed E-state index contributed by atoms with van der Waals surface area (Å²) in [5.41, 5.74) is 0.613. The number of hydrogen-bond donors (Lipinski definition) is 1. The first kappa shape index (κ1) is 16.3. The molecule has 23 heavy (non-hydrogen) atoms. The first-order valence-corrected chi connectivity index (χ1v) is 8.85. The SMILES string of the molecule is CCC1CCCCN1C(=O)C1CC1C(=O)Nc1ccccc1Cl. The molecule has 124 valence electrons. The minimum Gasteiger partial charge on any atom is -0.339 e. The summed E-state index contributed by atoms with van der Waals surface area (Å²) in [6.07, 6.45) is 5.01. The van der Waals surface area contributed by atoms with Crippen LogP contribution in [0, 0.1) is 11.8 Å². The number of amides is 2. The smallest absolute Gasteiger partial charge is 0.228 e.